The highest BCUT2D eigenvalue weighted by atomic mass is 16.2. The Kier molecular flexibility index (Phi) is 5.08. The van der Waals surface area contributed by atoms with Gasteiger partial charge in [0.05, 0.1) is 22.2 Å². The van der Waals surface area contributed by atoms with E-state index in [0.717, 1.165) is 53.6 Å². The van der Waals surface area contributed by atoms with E-state index >= 15 is 0 Å². The van der Waals surface area contributed by atoms with Crippen LogP contribution in [0.3, 0.4) is 0 Å². The van der Waals surface area contributed by atoms with E-state index in [1.807, 2.05) is 54.6 Å². The van der Waals surface area contributed by atoms with Crippen molar-refractivity contribution in [3.05, 3.63) is 71.1 Å². The summed E-state index contributed by atoms with van der Waals surface area (Å²) in [5.41, 5.74) is 2.93. The Morgan fingerprint density at radius 1 is 0.968 bits per heavy atom. The molecule has 1 aliphatic heterocycles. The average Bonchev–Trinajstić information content (AvgIpc) is 3.33. The first-order valence-electron chi connectivity index (χ1n) is 10.6. The first-order chi connectivity index (χ1) is 15.2. The lowest BCUT2D eigenvalue weighted by molar-refractivity contribution is -0.116. The van der Waals surface area contributed by atoms with Crippen molar-refractivity contribution in [1.82, 2.24) is 14.5 Å². The van der Waals surface area contributed by atoms with Gasteiger partial charge in [0.1, 0.15) is 0 Å². The molecule has 1 amide bonds. The van der Waals surface area contributed by atoms with Crippen molar-refractivity contribution < 1.29 is 4.79 Å². The third-order valence-electron chi connectivity index (χ3n) is 5.72. The summed E-state index contributed by atoms with van der Waals surface area (Å²) in [4.78, 5) is 37.0. The third-order valence-corrected chi connectivity index (χ3v) is 5.72. The molecular formula is C24H23N5O2. The molecule has 0 saturated carbocycles. The lowest BCUT2D eigenvalue weighted by Crippen LogP contribution is -2.32. The van der Waals surface area contributed by atoms with Crippen molar-refractivity contribution in [2.75, 3.05) is 23.3 Å². The molecule has 1 saturated heterocycles. The van der Waals surface area contributed by atoms with E-state index in [1.54, 1.807) is 10.8 Å². The van der Waals surface area contributed by atoms with Crippen molar-refractivity contribution in [3.8, 4) is 0 Å². The molecule has 7 nitrogen and oxygen atoms in total. The van der Waals surface area contributed by atoms with Crippen LogP contribution in [0.4, 0.5) is 11.5 Å². The molecule has 1 fully saturated rings. The van der Waals surface area contributed by atoms with Crippen LogP contribution in [0.15, 0.2) is 65.6 Å². The van der Waals surface area contributed by atoms with E-state index in [0.29, 0.717) is 5.82 Å². The Labute approximate surface area is 179 Å². The van der Waals surface area contributed by atoms with Crippen LogP contribution in [0.25, 0.3) is 21.9 Å². The molecule has 0 spiro atoms. The van der Waals surface area contributed by atoms with Gasteiger partial charge in [-0.25, -0.2) is 4.98 Å². The minimum absolute atomic E-state index is 0.136. The van der Waals surface area contributed by atoms with Gasteiger partial charge in [0, 0.05) is 37.6 Å². The lowest BCUT2D eigenvalue weighted by Gasteiger charge is -2.19. The standard InChI is InChI=1S/C24H23N5O2/c30-22(26-19-10-5-9-18-17(19)7-6-13-25-18)12-16-29-21-11-2-1-8-20(21)27-23(24(29)31)28-14-3-4-15-28/h1-2,5-11,13H,3-4,12,14-16H2,(H,26,30). The number of anilines is 2. The smallest absolute Gasteiger partial charge is 0.294 e. The van der Waals surface area contributed by atoms with Crippen molar-refractivity contribution in [3.63, 3.8) is 0 Å². The molecule has 0 aliphatic carbocycles. The summed E-state index contributed by atoms with van der Waals surface area (Å²) < 4.78 is 1.68. The molecule has 5 rings (SSSR count). The van der Waals surface area contributed by atoms with Gasteiger partial charge >= 0.3 is 0 Å². The Morgan fingerprint density at radius 3 is 2.65 bits per heavy atom. The van der Waals surface area contributed by atoms with Gasteiger partial charge in [-0.2, -0.15) is 0 Å². The van der Waals surface area contributed by atoms with Crippen LogP contribution in [-0.4, -0.2) is 33.5 Å². The quantitative estimate of drug-likeness (QED) is 0.541. The van der Waals surface area contributed by atoms with Gasteiger partial charge in [-0.15, -0.1) is 0 Å². The molecule has 1 aliphatic rings. The van der Waals surface area contributed by atoms with Crippen molar-refractivity contribution in [2.24, 2.45) is 0 Å². The van der Waals surface area contributed by atoms with Gasteiger partial charge in [0.15, 0.2) is 5.82 Å². The van der Waals surface area contributed by atoms with E-state index in [2.05, 4.69) is 20.2 Å². The van der Waals surface area contributed by atoms with Crippen LogP contribution in [-0.2, 0) is 11.3 Å². The molecule has 2 aromatic heterocycles. The monoisotopic (exact) mass is 413 g/mol. The molecule has 4 aromatic rings. The molecular weight excluding hydrogens is 390 g/mol. The highest BCUT2D eigenvalue weighted by Crippen LogP contribution is 2.22. The predicted molar refractivity (Wildman–Crippen MR) is 122 cm³/mol. The average molecular weight is 413 g/mol. The Hall–Kier alpha value is -3.74. The number of aryl methyl sites for hydroxylation is 1. The number of hydrogen-bond donors (Lipinski definition) is 1. The minimum atomic E-state index is -0.146. The van der Waals surface area contributed by atoms with E-state index < -0.39 is 0 Å². The fourth-order valence-corrected chi connectivity index (χ4v) is 4.17. The number of para-hydroxylation sites is 2. The normalized spacial score (nSPS) is 13.7. The number of benzene rings is 2. The number of nitrogens with one attached hydrogen (secondary N) is 1. The summed E-state index contributed by atoms with van der Waals surface area (Å²) in [6.45, 7) is 1.98. The van der Waals surface area contributed by atoms with Crippen molar-refractivity contribution in [2.45, 2.75) is 25.8 Å². The molecule has 0 bridgehead atoms. The van der Waals surface area contributed by atoms with Gasteiger partial charge in [0.25, 0.3) is 5.56 Å². The number of rotatable bonds is 5. The molecule has 0 atom stereocenters. The highest BCUT2D eigenvalue weighted by molar-refractivity contribution is 6.00. The Morgan fingerprint density at radius 2 is 1.77 bits per heavy atom. The second kappa shape index (κ2) is 8.18. The third kappa shape index (κ3) is 3.74. The first-order valence-corrected chi connectivity index (χ1v) is 10.6. The Bertz CT molecular complexity index is 1320. The number of amides is 1. The molecule has 0 unspecified atom stereocenters. The number of hydrogen-bond acceptors (Lipinski definition) is 5. The molecule has 7 heteroatoms. The fourth-order valence-electron chi connectivity index (χ4n) is 4.17. The van der Waals surface area contributed by atoms with Gasteiger partial charge in [-0.1, -0.05) is 18.2 Å². The zero-order valence-electron chi connectivity index (χ0n) is 17.1. The van der Waals surface area contributed by atoms with Crippen LogP contribution in [0.5, 0.6) is 0 Å². The van der Waals surface area contributed by atoms with Gasteiger partial charge in [0.2, 0.25) is 5.91 Å². The maximum Gasteiger partial charge on any atom is 0.294 e. The lowest BCUT2D eigenvalue weighted by atomic mass is 10.2. The topological polar surface area (TPSA) is 80.1 Å². The molecule has 0 radical (unpaired) electrons. The Balaban J connectivity index is 1.42. The minimum Gasteiger partial charge on any atom is -0.352 e. The van der Waals surface area contributed by atoms with Crippen LogP contribution >= 0.6 is 0 Å². The SMILES string of the molecule is O=C(CCn1c(=O)c(N2CCCC2)nc2ccccc21)Nc1cccc2ncccc12. The molecule has 2 aromatic carbocycles. The largest absolute Gasteiger partial charge is 0.352 e. The van der Waals surface area contributed by atoms with E-state index in [9.17, 15) is 9.59 Å². The summed E-state index contributed by atoms with van der Waals surface area (Å²) in [5, 5.41) is 3.86. The maximum absolute atomic E-state index is 13.2. The van der Waals surface area contributed by atoms with Crippen molar-refractivity contribution in [1.29, 1.82) is 0 Å². The van der Waals surface area contributed by atoms with E-state index in [-0.39, 0.29) is 24.4 Å². The van der Waals surface area contributed by atoms with Crippen LogP contribution in [0.2, 0.25) is 0 Å². The van der Waals surface area contributed by atoms with Gasteiger partial charge < -0.3 is 14.8 Å². The molecule has 3 heterocycles. The second-order valence-electron chi connectivity index (χ2n) is 7.75. The summed E-state index contributed by atoms with van der Waals surface area (Å²) in [7, 11) is 0. The van der Waals surface area contributed by atoms with Crippen LogP contribution in [0, 0.1) is 0 Å². The van der Waals surface area contributed by atoms with Gasteiger partial charge in [-0.05, 0) is 49.2 Å². The maximum atomic E-state index is 13.2. The number of fused-ring (bicyclic) bond motifs is 2. The summed E-state index contributed by atoms with van der Waals surface area (Å²) in [6.07, 6.45) is 4.04. The van der Waals surface area contributed by atoms with Crippen LogP contribution in [0.1, 0.15) is 19.3 Å². The fraction of sp³-hybridized carbons (Fsp3) is 0.250. The number of carbonyl (C=O) groups excluding carboxylic acids is 1. The zero-order valence-corrected chi connectivity index (χ0v) is 17.1. The van der Waals surface area contributed by atoms with Crippen molar-refractivity contribution >= 4 is 39.3 Å². The summed E-state index contributed by atoms with van der Waals surface area (Å²) in [6, 6.07) is 17.0. The van der Waals surface area contributed by atoms with E-state index in [1.165, 1.54) is 0 Å². The number of pyridine rings is 1. The summed E-state index contributed by atoms with van der Waals surface area (Å²) >= 11 is 0. The van der Waals surface area contributed by atoms with E-state index in [4.69, 9.17) is 0 Å². The van der Waals surface area contributed by atoms with Crippen LogP contribution < -0.4 is 15.8 Å². The molecule has 156 valence electrons. The molecule has 31 heavy (non-hydrogen) atoms. The number of aromatic nitrogens is 3. The number of carbonyl (C=O) groups is 1. The van der Waals surface area contributed by atoms with Gasteiger partial charge in [-0.3, -0.25) is 14.6 Å². The zero-order chi connectivity index (χ0) is 21.2. The number of nitrogens with zero attached hydrogens (tertiary/aromatic N) is 4. The molecule has 1 N–H and O–H groups in total. The predicted octanol–water partition coefficient (Wildman–Crippen LogP) is 3.57. The first kappa shape index (κ1) is 19.2. The summed E-state index contributed by atoms with van der Waals surface area (Å²) in [5.74, 6) is 0.337. The second-order valence-corrected chi connectivity index (χ2v) is 7.75. The highest BCUT2D eigenvalue weighted by Gasteiger charge is 2.20.